The highest BCUT2D eigenvalue weighted by Crippen LogP contribution is 2.28. The van der Waals surface area contributed by atoms with Crippen molar-refractivity contribution in [3.05, 3.63) is 118 Å². The van der Waals surface area contributed by atoms with E-state index < -0.39 is 6.04 Å². The molecule has 1 aromatic heterocycles. The Morgan fingerprint density at radius 3 is 2.58 bits per heavy atom. The normalized spacial score (nSPS) is 16.2. The third kappa shape index (κ3) is 5.03. The average molecular weight is 496 g/mol. The van der Waals surface area contributed by atoms with E-state index in [0.717, 1.165) is 28.1 Å². The first-order chi connectivity index (χ1) is 17.5. The van der Waals surface area contributed by atoms with Crippen molar-refractivity contribution in [2.45, 2.75) is 31.5 Å². The van der Waals surface area contributed by atoms with Gasteiger partial charge in [0.15, 0.2) is 0 Å². The molecule has 2 atom stereocenters. The van der Waals surface area contributed by atoms with Gasteiger partial charge in [-0.15, -0.1) is 0 Å². The Morgan fingerprint density at radius 2 is 1.89 bits per heavy atom. The third-order valence-corrected chi connectivity index (χ3v) is 6.93. The summed E-state index contributed by atoms with van der Waals surface area (Å²) in [7, 11) is 1.96. The maximum atomic E-state index is 14.0. The monoisotopic (exact) mass is 495 g/mol. The van der Waals surface area contributed by atoms with Crippen LogP contribution in [0.2, 0.25) is 5.02 Å². The fraction of sp³-hybridized carbons (Fsp3) is 0.207. The Labute approximate surface area is 215 Å². The van der Waals surface area contributed by atoms with Gasteiger partial charge >= 0.3 is 0 Å². The molecule has 1 aliphatic rings. The van der Waals surface area contributed by atoms with Crippen molar-refractivity contribution in [3.8, 4) is 6.07 Å². The molecule has 0 fully saturated rings. The molecule has 1 aliphatic heterocycles. The van der Waals surface area contributed by atoms with E-state index >= 15 is 0 Å². The van der Waals surface area contributed by atoms with Crippen molar-refractivity contribution in [1.82, 2.24) is 14.9 Å². The lowest BCUT2D eigenvalue weighted by Gasteiger charge is -2.29. The summed E-state index contributed by atoms with van der Waals surface area (Å²) in [5.74, 6) is 0.000429. The molecule has 0 bridgehead atoms. The summed E-state index contributed by atoms with van der Waals surface area (Å²) in [6.45, 7) is 0.486. The quantitative estimate of drug-likeness (QED) is 0.409. The predicted octanol–water partition coefficient (Wildman–Crippen LogP) is 4.98. The maximum absolute atomic E-state index is 14.0. The SMILES string of the molecule is Cn1cncc1C(Cc1ccc(C#N)cc1)NC1Cc2ccccc2CN(c2cccc(Cl)c2)C1=O. The predicted molar refractivity (Wildman–Crippen MR) is 141 cm³/mol. The molecule has 6 nitrogen and oxygen atoms in total. The molecule has 1 amide bonds. The van der Waals surface area contributed by atoms with E-state index in [9.17, 15) is 4.79 Å². The molecular formula is C29H26ClN5O. The lowest BCUT2D eigenvalue weighted by molar-refractivity contribution is -0.120. The minimum Gasteiger partial charge on any atom is -0.336 e. The number of hydrogen-bond acceptors (Lipinski definition) is 4. The maximum Gasteiger partial charge on any atom is 0.244 e. The zero-order valence-electron chi connectivity index (χ0n) is 19.9. The highest BCUT2D eigenvalue weighted by atomic mass is 35.5. The van der Waals surface area contributed by atoms with Gasteiger partial charge < -0.3 is 9.47 Å². The molecule has 0 saturated carbocycles. The van der Waals surface area contributed by atoms with Gasteiger partial charge in [0.05, 0.1) is 42.3 Å². The van der Waals surface area contributed by atoms with Gasteiger partial charge in [-0.05, 0) is 59.9 Å². The van der Waals surface area contributed by atoms with E-state index in [1.54, 1.807) is 6.33 Å². The van der Waals surface area contributed by atoms with Gasteiger partial charge in [0.2, 0.25) is 5.91 Å². The Morgan fingerprint density at radius 1 is 1.11 bits per heavy atom. The number of nitrogens with zero attached hydrogens (tertiary/aromatic N) is 4. The molecule has 180 valence electrons. The van der Waals surface area contributed by atoms with Gasteiger partial charge in [-0.25, -0.2) is 4.98 Å². The molecule has 7 heteroatoms. The van der Waals surface area contributed by atoms with E-state index in [-0.39, 0.29) is 11.9 Å². The number of aryl methyl sites for hydroxylation is 1. The number of fused-ring (bicyclic) bond motifs is 1. The molecule has 1 N–H and O–H groups in total. The Balaban J connectivity index is 1.50. The second kappa shape index (κ2) is 10.4. The van der Waals surface area contributed by atoms with Gasteiger partial charge in [0, 0.05) is 24.0 Å². The number of carbonyl (C=O) groups excluding carboxylic acids is 1. The second-order valence-corrected chi connectivity index (χ2v) is 9.53. The molecule has 2 unspecified atom stereocenters. The molecule has 2 heterocycles. The van der Waals surface area contributed by atoms with Crippen molar-refractivity contribution in [2.24, 2.45) is 7.05 Å². The minimum atomic E-state index is -0.453. The highest BCUT2D eigenvalue weighted by molar-refractivity contribution is 6.30. The number of carbonyl (C=O) groups is 1. The van der Waals surface area contributed by atoms with Crippen LogP contribution in [0.4, 0.5) is 5.69 Å². The van der Waals surface area contributed by atoms with Crippen LogP contribution in [0.1, 0.15) is 34.0 Å². The van der Waals surface area contributed by atoms with Gasteiger partial charge in [0.25, 0.3) is 0 Å². The minimum absolute atomic E-state index is 0.000429. The van der Waals surface area contributed by atoms with E-state index in [2.05, 4.69) is 28.5 Å². The van der Waals surface area contributed by atoms with Crippen molar-refractivity contribution >= 4 is 23.2 Å². The topological polar surface area (TPSA) is 74.0 Å². The van der Waals surface area contributed by atoms with Crippen LogP contribution in [-0.2, 0) is 31.2 Å². The zero-order chi connectivity index (χ0) is 25.1. The summed E-state index contributed by atoms with van der Waals surface area (Å²) in [5.41, 5.74) is 5.73. The van der Waals surface area contributed by atoms with Crippen LogP contribution < -0.4 is 10.2 Å². The Bertz CT molecular complexity index is 1420. The van der Waals surface area contributed by atoms with E-state index in [4.69, 9.17) is 16.9 Å². The van der Waals surface area contributed by atoms with E-state index in [0.29, 0.717) is 30.0 Å². The zero-order valence-corrected chi connectivity index (χ0v) is 20.7. The highest BCUT2D eigenvalue weighted by Gasteiger charge is 2.33. The first kappa shape index (κ1) is 23.8. The van der Waals surface area contributed by atoms with Crippen molar-refractivity contribution in [1.29, 1.82) is 5.26 Å². The van der Waals surface area contributed by atoms with Crippen LogP contribution in [0.25, 0.3) is 0 Å². The Kier molecular flexibility index (Phi) is 6.86. The molecule has 4 aromatic rings. The summed E-state index contributed by atoms with van der Waals surface area (Å²) in [4.78, 5) is 20.2. The number of anilines is 1. The lowest BCUT2D eigenvalue weighted by atomic mass is 9.98. The van der Waals surface area contributed by atoms with E-state index in [1.807, 2.05) is 83.4 Å². The molecule has 36 heavy (non-hydrogen) atoms. The molecular weight excluding hydrogens is 470 g/mol. The van der Waals surface area contributed by atoms with Crippen molar-refractivity contribution < 1.29 is 4.79 Å². The fourth-order valence-electron chi connectivity index (χ4n) is 4.79. The molecule has 0 aliphatic carbocycles. The van der Waals surface area contributed by atoms with Gasteiger partial charge in [-0.1, -0.05) is 54.1 Å². The number of halogens is 1. The van der Waals surface area contributed by atoms with Gasteiger partial charge in [-0.2, -0.15) is 5.26 Å². The first-order valence-corrected chi connectivity index (χ1v) is 12.2. The Hall–Kier alpha value is -3.92. The summed E-state index contributed by atoms with van der Waals surface area (Å²) in [6.07, 6.45) is 4.83. The molecule has 0 radical (unpaired) electrons. The van der Waals surface area contributed by atoms with Gasteiger partial charge in [-0.3, -0.25) is 10.1 Å². The number of nitriles is 1. The number of amides is 1. The number of rotatable bonds is 6. The summed E-state index contributed by atoms with van der Waals surface area (Å²) in [5, 5.41) is 13.4. The number of aromatic nitrogens is 2. The first-order valence-electron chi connectivity index (χ1n) is 11.9. The van der Waals surface area contributed by atoms with Crippen LogP contribution in [-0.4, -0.2) is 21.5 Å². The largest absolute Gasteiger partial charge is 0.336 e. The van der Waals surface area contributed by atoms with Crippen LogP contribution in [0.15, 0.2) is 85.3 Å². The van der Waals surface area contributed by atoms with Crippen LogP contribution in [0, 0.1) is 11.3 Å². The second-order valence-electron chi connectivity index (χ2n) is 9.09. The van der Waals surface area contributed by atoms with Crippen molar-refractivity contribution in [3.63, 3.8) is 0 Å². The molecule has 0 saturated heterocycles. The standard InChI is InChI=1S/C29H26ClN5O/c1-34-19-32-17-28(34)26(13-20-9-11-21(16-31)12-10-20)33-27-14-22-5-2-3-6-23(22)18-35(29(27)36)25-8-4-7-24(30)15-25/h2-12,15,17,19,26-27,33H,13-14,18H2,1H3. The van der Waals surface area contributed by atoms with Gasteiger partial charge in [0.1, 0.15) is 0 Å². The number of imidazole rings is 1. The fourth-order valence-corrected chi connectivity index (χ4v) is 4.98. The van der Waals surface area contributed by atoms with Crippen LogP contribution >= 0.6 is 11.6 Å². The lowest BCUT2D eigenvalue weighted by Crippen LogP contribution is -2.48. The number of nitrogens with one attached hydrogen (secondary N) is 1. The van der Waals surface area contributed by atoms with Crippen LogP contribution in [0.3, 0.4) is 0 Å². The van der Waals surface area contributed by atoms with Crippen molar-refractivity contribution in [2.75, 3.05) is 4.90 Å². The average Bonchev–Trinajstić information content (AvgIpc) is 3.27. The molecule has 3 aromatic carbocycles. The summed E-state index contributed by atoms with van der Waals surface area (Å²) < 4.78 is 1.98. The molecule has 0 spiro atoms. The summed E-state index contributed by atoms with van der Waals surface area (Å²) in [6, 6.07) is 24.8. The summed E-state index contributed by atoms with van der Waals surface area (Å²) >= 11 is 6.29. The van der Waals surface area contributed by atoms with Crippen LogP contribution in [0.5, 0.6) is 0 Å². The molecule has 5 rings (SSSR count). The number of hydrogen-bond donors (Lipinski definition) is 1. The smallest absolute Gasteiger partial charge is 0.244 e. The van der Waals surface area contributed by atoms with E-state index in [1.165, 1.54) is 0 Å². The number of benzene rings is 3. The third-order valence-electron chi connectivity index (χ3n) is 6.69.